The summed E-state index contributed by atoms with van der Waals surface area (Å²) >= 11 is 6.19. The lowest BCUT2D eigenvalue weighted by atomic mass is 10.1. The van der Waals surface area contributed by atoms with Crippen molar-refractivity contribution in [2.24, 2.45) is 0 Å². The first-order valence-electron chi connectivity index (χ1n) is 9.52. The Hall–Kier alpha value is -2.99. The Kier molecular flexibility index (Phi) is 5.45. The quantitative estimate of drug-likeness (QED) is 0.702. The number of para-hydroxylation sites is 1. The zero-order valence-electron chi connectivity index (χ0n) is 16.0. The Morgan fingerprint density at radius 1 is 1.28 bits per heavy atom. The molecule has 6 nitrogen and oxygen atoms in total. The van der Waals surface area contributed by atoms with Gasteiger partial charge >= 0.3 is 0 Å². The van der Waals surface area contributed by atoms with Gasteiger partial charge in [0.2, 0.25) is 18.6 Å². The predicted octanol–water partition coefficient (Wildman–Crippen LogP) is 3.74. The minimum Gasteiger partial charge on any atom is -0.454 e. The second-order valence-electron chi connectivity index (χ2n) is 6.82. The van der Waals surface area contributed by atoms with Gasteiger partial charge in [-0.15, -0.1) is 0 Å². The number of halogens is 1. The standard InChI is InChI=1S/C22H21ClN2O4/c1-2-24(18-10-11-25(22(18)27)16-6-4-3-5-7-16)20(26)9-8-15-12-17(23)21-19(13-15)28-14-29-21/h3-9,12-13,18H,2,10-11,14H2,1H3. The molecular formula is C22H21ClN2O4. The molecule has 0 saturated carbocycles. The molecule has 0 N–H and O–H groups in total. The van der Waals surface area contributed by atoms with Gasteiger partial charge in [0.05, 0.1) is 5.02 Å². The fraction of sp³-hybridized carbons (Fsp3) is 0.273. The number of fused-ring (bicyclic) bond motifs is 1. The normalized spacial score (nSPS) is 17.9. The van der Waals surface area contributed by atoms with Crippen molar-refractivity contribution in [3.05, 3.63) is 59.1 Å². The summed E-state index contributed by atoms with van der Waals surface area (Å²) in [6.07, 6.45) is 3.75. The highest BCUT2D eigenvalue weighted by Gasteiger charge is 2.37. The largest absolute Gasteiger partial charge is 0.454 e. The van der Waals surface area contributed by atoms with Gasteiger partial charge in [-0.3, -0.25) is 9.59 Å². The molecule has 0 bridgehead atoms. The molecule has 2 heterocycles. The second-order valence-corrected chi connectivity index (χ2v) is 7.23. The number of benzene rings is 2. The molecule has 0 spiro atoms. The Morgan fingerprint density at radius 3 is 2.83 bits per heavy atom. The first-order chi connectivity index (χ1) is 14.1. The summed E-state index contributed by atoms with van der Waals surface area (Å²) < 4.78 is 10.7. The van der Waals surface area contributed by atoms with E-state index in [1.165, 1.54) is 6.08 Å². The van der Waals surface area contributed by atoms with E-state index in [1.807, 2.05) is 37.3 Å². The van der Waals surface area contributed by atoms with Crippen LogP contribution in [0.4, 0.5) is 5.69 Å². The van der Waals surface area contributed by atoms with Crippen LogP contribution in [0.5, 0.6) is 11.5 Å². The van der Waals surface area contributed by atoms with Gasteiger partial charge in [-0.2, -0.15) is 0 Å². The van der Waals surface area contributed by atoms with Crippen LogP contribution in [-0.4, -0.2) is 42.6 Å². The maximum Gasteiger partial charge on any atom is 0.249 e. The highest BCUT2D eigenvalue weighted by molar-refractivity contribution is 6.32. The molecule has 0 aromatic heterocycles. The lowest BCUT2D eigenvalue weighted by Gasteiger charge is -2.26. The van der Waals surface area contributed by atoms with Crippen molar-refractivity contribution in [2.75, 3.05) is 24.8 Å². The summed E-state index contributed by atoms with van der Waals surface area (Å²) in [5.41, 5.74) is 1.58. The number of carbonyl (C=O) groups excluding carboxylic acids is 2. The molecule has 2 aliphatic heterocycles. The molecule has 29 heavy (non-hydrogen) atoms. The van der Waals surface area contributed by atoms with E-state index in [4.69, 9.17) is 21.1 Å². The van der Waals surface area contributed by atoms with Crippen molar-refractivity contribution in [1.82, 2.24) is 4.90 Å². The third-order valence-electron chi connectivity index (χ3n) is 5.11. The summed E-state index contributed by atoms with van der Waals surface area (Å²) in [6, 6.07) is 12.5. The minimum absolute atomic E-state index is 0.0501. The van der Waals surface area contributed by atoms with Crippen molar-refractivity contribution in [3.8, 4) is 11.5 Å². The van der Waals surface area contributed by atoms with Crippen LogP contribution in [0.2, 0.25) is 5.02 Å². The van der Waals surface area contributed by atoms with Gasteiger partial charge in [-0.25, -0.2) is 0 Å². The Labute approximate surface area is 174 Å². The molecule has 2 aliphatic rings. The summed E-state index contributed by atoms with van der Waals surface area (Å²) in [7, 11) is 0. The fourth-order valence-electron chi connectivity index (χ4n) is 3.69. The molecule has 4 rings (SSSR count). The number of amides is 2. The Bertz CT molecular complexity index is 961. The van der Waals surface area contributed by atoms with Crippen LogP contribution >= 0.6 is 11.6 Å². The molecule has 7 heteroatoms. The van der Waals surface area contributed by atoms with Gasteiger partial charge < -0.3 is 19.3 Å². The molecule has 2 aromatic carbocycles. The van der Waals surface area contributed by atoms with Crippen molar-refractivity contribution < 1.29 is 19.1 Å². The van der Waals surface area contributed by atoms with Crippen LogP contribution in [0, 0.1) is 0 Å². The molecule has 1 fully saturated rings. The van der Waals surface area contributed by atoms with E-state index in [0.29, 0.717) is 36.0 Å². The van der Waals surface area contributed by atoms with Gasteiger partial charge in [0.1, 0.15) is 6.04 Å². The van der Waals surface area contributed by atoms with Gasteiger partial charge in [-0.1, -0.05) is 29.8 Å². The van der Waals surface area contributed by atoms with Crippen molar-refractivity contribution in [1.29, 1.82) is 0 Å². The highest BCUT2D eigenvalue weighted by atomic mass is 35.5. The maximum atomic E-state index is 12.9. The van der Waals surface area contributed by atoms with Crippen LogP contribution < -0.4 is 14.4 Å². The van der Waals surface area contributed by atoms with Crippen LogP contribution in [-0.2, 0) is 9.59 Å². The first-order valence-corrected chi connectivity index (χ1v) is 9.90. The predicted molar refractivity (Wildman–Crippen MR) is 111 cm³/mol. The smallest absolute Gasteiger partial charge is 0.249 e. The van der Waals surface area contributed by atoms with Crippen molar-refractivity contribution in [3.63, 3.8) is 0 Å². The average Bonchev–Trinajstić information content (AvgIpc) is 3.35. The van der Waals surface area contributed by atoms with E-state index < -0.39 is 6.04 Å². The van der Waals surface area contributed by atoms with E-state index in [0.717, 1.165) is 11.3 Å². The third kappa shape index (κ3) is 3.80. The number of nitrogens with zero attached hydrogens (tertiary/aromatic N) is 2. The molecule has 0 aliphatic carbocycles. The van der Waals surface area contributed by atoms with Gasteiger partial charge in [0, 0.05) is 24.9 Å². The van der Waals surface area contributed by atoms with Gasteiger partial charge in [-0.05, 0) is 49.2 Å². The summed E-state index contributed by atoms with van der Waals surface area (Å²) in [5.74, 6) is 0.810. The molecular weight excluding hydrogens is 392 g/mol. The maximum absolute atomic E-state index is 12.9. The SMILES string of the molecule is CCN(C(=O)C=Cc1cc(Cl)c2c(c1)OCO2)C1CCN(c2ccccc2)C1=O. The summed E-state index contributed by atoms with van der Waals surface area (Å²) in [6.45, 7) is 3.05. The van der Waals surface area contributed by atoms with Gasteiger partial charge in [0.15, 0.2) is 11.5 Å². The Balaban J connectivity index is 1.48. The minimum atomic E-state index is -0.460. The summed E-state index contributed by atoms with van der Waals surface area (Å²) in [4.78, 5) is 29.1. The topological polar surface area (TPSA) is 59.1 Å². The zero-order valence-corrected chi connectivity index (χ0v) is 16.8. The van der Waals surface area contributed by atoms with E-state index in [2.05, 4.69) is 0 Å². The number of ether oxygens (including phenoxy) is 2. The lowest BCUT2D eigenvalue weighted by Crippen LogP contribution is -2.44. The van der Waals surface area contributed by atoms with Crippen LogP contribution in [0.25, 0.3) is 6.08 Å². The molecule has 1 saturated heterocycles. The van der Waals surface area contributed by atoms with E-state index in [9.17, 15) is 9.59 Å². The van der Waals surface area contributed by atoms with Gasteiger partial charge in [0.25, 0.3) is 0 Å². The molecule has 2 amide bonds. The number of rotatable bonds is 5. The molecule has 1 unspecified atom stereocenters. The first kappa shape index (κ1) is 19.3. The molecule has 0 radical (unpaired) electrons. The van der Waals surface area contributed by atoms with E-state index >= 15 is 0 Å². The molecule has 150 valence electrons. The van der Waals surface area contributed by atoms with Crippen LogP contribution in [0.3, 0.4) is 0 Å². The number of hydrogen-bond acceptors (Lipinski definition) is 4. The van der Waals surface area contributed by atoms with Crippen molar-refractivity contribution in [2.45, 2.75) is 19.4 Å². The number of hydrogen-bond donors (Lipinski definition) is 0. The average molecular weight is 413 g/mol. The monoisotopic (exact) mass is 412 g/mol. The number of likely N-dealkylation sites (N-methyl/N-ethyl adjacent to an activating group) is 1. The molecule has 1 atom stereocenters. The Morgan fingerprint density at radius 2 is 2.07 bits per heavy atom. The van der Waals surface area contributed by atoms with E-state index in [-0.39, 0.29) is 18.6 Å². The number of anilines is 1. The van der Waals surface area contributed by atoms with Crippen molar-refractivity contribution >= 4 is 35.2 Å². The lowest BCUT2D eigenvalue weighted by molar-refractivity contribution is -0.134. The number of carbonyl (C=O) groups is 2. The fourth-order valence-corrected chi connectivity index (χ4v) is 3.97. The highest BCUT2D eigenvalue weighted by Crippen LogP contribution is 2.40. The second kappa shape index (κ2) is 8.17. The summed E-state index contributed by atoms with van der Waals surface area (Å²) in [5, 5.41) is 0.434. The van der Waals surface area contributed by atoms with Crippen LogP contribution in [0.1, 0.15) is 18.9 Å². The zero-order chi connectivity index (χ0) is 20.4. The van der Waals surface area contributed by atoms with E-state index in [1.54, 1.807) is 28.0 Å². The third-order valence-corrected chi connectivity index (χ3v) is 5.39. The molecule has 2 aromatic rings. The van der Waals surface area contributed by atoms with Crippen LogP contribution in [0.15, 0.2) is 48.5 Å².